The van der Waals surface area contributed by atoms with Gasteiger partial charge in [-0.3, -0.25) is 9.59 Å². The van der Waals surface area contributed by atoms with E-state index in [-0.39, 0.29) is 46.0 Å². The minimum atomic E-state index is -1.92. The van der Waals surface area contributed by atoms with E-state index in [0.717, 1.165) is 44.9 Å². The Morgan fingerprint density at radius 1 is 0.526 bits per heavy atom. The van der Waals surface area contributed by atoms with Crippen LogP contribution >= 0.6 is 0 Å². The first-order valence-corrected chi connectivity index (χ1v) is 34.2. The van der Waals surface area contributed by atoms with Crippen LogP contribution in [0.15, 0.2) is 11.6 Å². The molecule has 0 radical (unpaired) electrons. The molecule has 15 N–H and O–H groups in total. The molecule has 0 aromatic heterocycles. The predicted molar refractivity (Wildman–Crippen MR) is 323 cm³/mol. The summed E-state index contributed by atoms with van der Waals surface area (Å²) < 4.78 is 71.7. The van der Waals surface area contributed by atoms with Crippen molar-refractivity contribution in [1.29, 1.82) is 0 Å². The summed E-state index contributed by atoms with van der Waals surface area (Å²) in [5.74, 6) is -0.749. The fourth-order valence-corrected chi connectivity index (χ4v) is 19.1. The molecule has 544 valence electrons. The Bertz CT molecular complexity index is 2730. The Labute approximate surface area is 553 Å². The fourth-order valence-electron chi connectivity index (χ4n) is 19.1. The average molecular weight is 1360 g/mol. The van der Waals surface area contributed by atoms with Crippen molar-refractivity contribution in [3.8, 4) is 0 Å². The number of rotatable bonds is 14. The van der Waals surface area contributed by atoms with Crippen molar-refractivity contribution in [2.24, 2.45) is 50.2 Å². The quantitative estimate of drug-likeness (QED) is 0.0514. The topological polar surface area (TPSA) is 440 Å². The van der Waals surface area contributed by atoms with Gasteiger partial charge in [0.25, 0.3) is 0 Å². The molecule has 1 amide bonds. The van der Waals surface area contributed by atoms with E-state index < -0.39 is 214 Å². The molecular weight excluding hydrogens is 1250 g/mol. The van der Waals surface area contributed by atoms with E-state index in [4.69, 9.17) is 56.8 Å². The third-order valence-electron chi connectivity index (χ3n) is 25.1. The zero-order valence-corrected chi connectivity index (χ0v) is 56.2. The molecule has 0 spiro atoms. The van der Waals surface area contributed by atoms with E-state index in [9.17, 15) is 81.1 Å². The maximum atomic E-state index is 14.7. The zero-order valence-electron chi connectivity index (χ0n) is 56.2. The van der Waals surface area contributed by atoms with Gasteiger partial charge in [-0.25, -0.2) is 0 Å². The average Bonchev–Trinajstić information content (AvgIpc) is 0.676. The standard InChI is InChI=1S/C66H107NO28/c1-26-39(71)45(77)47(79)58(88-26)94-53-41(73)28(3)89-59(50(53)82)92-51-33(70)24-85-57(48(51)80)93-52-40(72)27(2)87-56(49(52)81)86-25-34-43(75)44(76)38(67-29(4)68)54(90-34)91-37-15-16-63(9)35(62(37,7)8)14-17-65(11)36(63)13-12-30-31-22-61(5,6)18-20-66(31,21-19-64(30,65)10)60(83)95-55-46(78)42(74)32(69)23-84-55/h12,26-28,31-59,69-82H,13-25H2,1-11H3,(H,67,68). The third kappa shape index (κ3) is 13.1. The summed E-state index contributed by atoms with van der Waals surface area (Å²) in [6.45, 7) is 20.3. The summed E-state index contributed by atoms with van der Waals surface area (Å²) in [6, 6.07) is -1.24. The number of carbonyl (C=O) groups is 2. The zero-order chi connectivity index (χ0) is 69.3. The van der Waals surface area contributed by atoms with Crippen LogP contribution in [0.2, 0.25) is 0 Å². The van der Waals surface area contributed by atoms with E-state index in [2.05, 4.69) is 59.9 Å². The van der Waals surface area contributed by atoms with Crippen LogP contribution in [0.25, 0.3) is 0 Å². The van der Waals surface area contributed by atoms with Crippen LogP contribution in [0.3, 0.4) is 0 Å². The van der Waals surface area contributed by atoms with Crippen molar-refractivity contribution in [2.75, 3.05) is 19.8 Å². The molecule has 95 heavy (non-hydrogen) atoms. The van der Waals surface area contributed by atoms with E-state index >= 15 is 0 Å². The first-order chi connectivity index (χ1) is 44.4. The number of fused-ring (bicyclic) bond motifs is 7. The lowest BCUT2D eigenvalue weighted by atomic mass is 9.33. The van der Waals surface area contributed by atoms with Crippen molar-refractivity contribution >= 4 is 11.9 Å². The molecule has 29 heteroatoms. The molecule has 4 saturated carbocycles. The number of ether oxygens (including phenoxy) is 12. The molecule has 6 heterocycles. The lowest BCUT2D eigenvalue weighted by molar-refractivity contribution is -0.380. The molecule has 5 aliphatic carbocycles. The Morgan fingerprint density at radius 2 is 1.08 bits per heavy atom. The van der Waals surface area contributed by atoms with E-state index in [0.29, 0.717) is 19.3 Å². The third-order valence-corrected chi connectivity index (χ3v) is 25.1. The van der Waals surface area contributed by atoms with Gasteiger partial charge in [0.05, 0.1) is 49.7 Å². The number of nitrogens with one attached hydrogen (secondary N) is 1. The maximum absolute atomic E-state index is 14.7. The highest BCUT2D eigenvalue weighted by molar-refractivity contribution is 5.79. The largest absolute Gasteiger partial charge is 0.432 e. The maximum Gasteiger partial charge on any atom is 0.315 e. The Morgan fingerprint density at radius 3 is 1.75 bits per heavy atom. The Kier molecular flexibility index (Phi) is 21.4. The molecule has 36 atom stereocenters. The van der Waals surface area contributed by atoms with Gasteiger partial charge >= 0.3 is 5.97 Å². The summed E-state index contributed by atoms with van der Waals surface area (Å²) >= 11 is 0. The van der Waals surface area contributed by atoms with E-state index in [1.165, 1.54) is 33.3 Å². The summed E-state index contributed by atoms with van der Waals surface area (Å²) in [5.41, 5.74) is -0.838. The summed E-state index contributed by atoms with van der Waals surface area (Å²) in [5, 5.41) is 157. The number of aliphatic hydroxyl groups is 14. The highest BCUT2D eigenvalue weighted by Gasteiger charge is 2.70. The predicted octanol–water partition coefficient (Wildman–Crippen LogP) is -1.88. The number of hydrogen-bond acceptors (Lipinski definition) is 28. The summed E-state index contributed by atoms with van der Waals surface area (Å²) in [7, 11) is 0. The van der Waals surface area contributed by atoms with Gasteiger partial charge in [-0.05, 0) is 130 Å². The van der Waals surface area contributed by atoms with E-state index in [1.54, 1.807) is 0 Å². The van der Waals surface area contributed by atoms with Crippen LogP contribution in [0, 0.1) is 50.2 Å². The van der Waals surface area contributed by atoms with E-state index in [1.807, 2.05) is 0 Å². The van der Waals surface area contributed by atoms with Gasteiger partial charge in [0.15, 0.2) is 31.5 Å². The number of carbonyl (C=O) groups excluding carboxylic acids is 2. The second-order valence-electron chi connectivity index (χ2n) is 31.7. The smallest absolute Gasteiger partial charge is 0.315 e. The molecule has 36 unspecified atom stereocenters. The number of aliphatic hydroxyl groups excluding tert-OH is 14. The van der Waals surface area contributed by atoms with Crippen molar-refractivity contribution in [1.82, 2.24) is 5.32 Å². The normalized spacial score (nSPS) is 53.7. The lowest BCUT2D eigenvalue weighted by Crippen LogP contribution is -2.68. The Balaban J connectivity index is 0.746. The van der Waals surface area contributed by atoms with Gasteiger partial charge in [0, 0.05) is 6.92 Å². The first kappa shape index (κ1) is 73.9. The second kappa shape index (κ2) is 27.5. The van der Waals surface area contributed by atoms with Crippen molar-refractivity contribution in [2.45, 2.75) is 318 Å². The van der Waals surface area contributed by atoms with Crippen LogP contribution in [-0.2, 0) is 66.4 Å². The number of hydrogen-bond donors (Lipinski definition) is 15. The molecule has 0 aromatic rings. The van der Waals surface area contributed by atoms with Crippen LogP contribution in [0.1, 0.15) is 140 Å². The van der Waals surface area contributed by atoms with Crippen molar-refractivity contribution in [3.05, 3.63) is 11.6 Å². The molecular formula is C66H107NO28. The molecule has 29 nitrogen and oxygen atoms in total. The SMILES string of the molecule is CC(=O)NC1C(OC2CCC3(C)C(CCC4(C)C3CC=C3C5CC(C)(C)CCC5(C(=O)OC5OCC(O)C(O)C5O)CCC34C)C2(C)C)OC(COC2OC(C)C(O)C(OC3OCC(O)C(OC4OC(C)C(O)C(OC5OC(C)C(O)C(O)C5O)C4O)C3O)C2O)C(O)C1O. The van der Waals surface area contributed by atoms with Crippen LogP contribution < -0.4 is 5.32 Å². The molecule has 6 aliphatic heterocycles. The van der Waals surface area contributed by atoms with Crippen LogP contribution in [0.4, 0.5) is 0 Å². The minimum Gasteiger partial charge on any atom is -0.432 e. The van der Waals surface area contributed by atoms with Gasteiger partial charge in [-0.1, -0.05) is 60.1 Å². The van der Waals surface area contributed by atoms with Crippen molar-refractivity contribution in [3.63, 3.8) is 0 Å². The monoisotopic (exact) mass is 1360 g/mol. The summed E-state index contributed by atoms with van der Waals surface area (Å²) in [4.78, 5) is 27.5. The molecule has 6 saturated heterocycles. The second-order valence-corrected chi connectivity index (χ2v) is 31.7. The van der Waals surface area contributed by atoms with Crippen LogP contribution in [-0.4, -0.2) is 281 Å². The lowest BCUT2D eigenvalue weighted by Gasteiger charge is -2.71. The Hall–Kier alpha value is -2.32. The number of amides is 1. The number of esters is 1. The van der Waals surface area contributed by atoms with Gasteiger partial charge in [-0.2, -0.15) is 0 Å². The highest BCUT2D eigenvalue weighted by Crippen LogP contribution is 2.76. The highest BCUT2D eigenvalue weighted by atomic mass is 16.8. The minimum absolute atomic E-state index is 0.0678. The molecule has 10 fully saturated rings. The van der Waals surface area contributed by atoms with Gasteiger partial charge < -0.3 is 134 Å². The molecule has 11 aliphatic rings. The fraction of sp³-hybridized carbons (Fsp3) is 0.939. The van der Waals surface area contributed by atoms with Gasteiger partial charge in [0.1, 0.15) is 116 Å². The van der Waals surface area contributed by atoms with Crippen LogP contribution in [0.5, 0.6) is 0 Å². The molecule has 0 aromatic carbocycles. The molecule has 0 bridgehead atoms. The molecule has 11 rings (SSSR count). The van der Waals surface area contributed by atoms with Gasteiger partial charge in [0.2, 0.25) is 12.2 Å². The van der Waals surface area contributed by atoms with Crippen molar-refractivity contribution < 1.29 is 138 Å². The number of allylic oxidation sites excluding steroid dienone is 2. The van der Waals surface area contributed by atoms with Gasteiger partial charge in [-0.15, -0.1) is 0 Å². The summed E-state index contributed by atoms with van der Waals surface area (Å²) in [6.07, 6.45) is -32.8. The first-order valence-electron chi connectivity index (χ1n) is 34.2.